The zero-order valence-corrected chi connectivity index (χ0v) is 7.78. The molecule has 0 amide bonds. The second kappa shape index (κ2) is 3.29. The van der Waals surface area contributed by atoms with Crippen molar-refractivity contribution in [1.29, 1.82) is 0 Å². The van der Waals surface area contributed by atoms with Crippen LogP contribution in [0.1, 0.15) is 10.5 Å². The quantitative estimate of drug-likeness (QED) is 0.866. The van der Waals surface area contributed by atoms with Gasteiger partial charge in [0.05, 0.1) is 6.26 Å². The van der Waals surface area contributed by atoms with Crippen LogP contribution in [0.15, 0.2) is 22.8 Å². The average molecular weight is 233 g/mol. The van der Waals surface area contributed by atoms with E-state index in [4.69, 9.17) is 9.52 Å². The predicted molar refractivity (Wildman–Crippen MR) is 47.2 cm³/mol. The number of hydrogen-bond donors (Lipinski definition) is 1. The van der Waals surface area contributed by atoms with Crippen LogP contribution in [0.25, 0.3) is 11.1 Å². The number of aromatic nitrogens is 1. The highest BCUT2D eigenvalue weighted by atomic mass is 19.4. The van der Waals surface area contributed by atoms with E-state index in [-0.39, 0.29) is 5.71 Å². The van der Waals surface area contributed by atoms with Gasteiger partial charge >= 0.3 is 12.1 Å². The van der Waals surface area contributed by atoms with E-state index in [9.17, 15) is 18.0 Å². The lowest BCUT2D eigenvalue weighted by Gasteiger charge is -2.09. The number of furan rings is 1. The van der Waals surface area contributed by atoms with Crippen molar-refractivity contribution >= 4 is 17.1 Å². The van der Waals surface area contributed by atoms with Crippen molar-refractivity contribution < 1.29 is 27.5 Å². The third kappa shape index (κ3) is 1.75. The summed E-state index contributed by atoms with van der Waals surface area (Å²) < 4.78 is 42.1. The Balaban J connectivity index is 2.58. The van der Waals surface area contributed by atoms with Gasteiger partial charge < -0.3 is 9.52 Å². The minimum Gasteiger partial charge on any atom is -0.477 e. The molecule has 2 aromatic heterocycles. The Hall–Kier alpha value is -1.92. The maximum Gasteiger partial charge on any atom is 0.406 e. The number of fused-ring (bicyclic) bond motifs is 1. The van der Waals surface area contributed by atoms with Crippen LogP contribution in [0.3, 0.4) is 0 Å². The number of hydrogen-bond acceptors (Lipinski definition) is 2. The minimum atomic E-state index is -4.50. The molecule has 0 aliphatic heterocycles. The van der Waals surface area contributed by atoms with Crippen LogP contribution in [0.4, 0.5) is 13.2 Å². The first kappa shape index (κ1) is 10.6. The highest BCUT2D eigenvalue weighted by molar-refractivity contribution is 5.92. The second-order valence-electron chi connectivity index (χ2n) is 3.22. The molecular weight excluding hydrogens is 227 g/mol. The summed E-state index contributed by atoms with van der Waals surface area (Å²) in [6.45, 7) is -1.38. The molecule has 0 aromatic carbocycles. The van der Waals surface area contributed by atoms with E-state index in [1.807, 2.05) is 0 Å². The minimum absolute atomic E-state index is 0.0882. The van der Waals surface area contributed by atoms with Crippen LogP contribution in [-0.2, 0) is 6.54 Å². The van der Waals surface area contributed by atoms with Crippen LogP contribution in [0.5, 0.6) is 0 Å². The van der Waals surface area contributed by atoms with Gasteiger partial charge in [-0.1, -0.05) is 0 Å². The van der Waals surface area contributed by atoms with Gasteiger partial charge in [0.2, 0.25) is 5.71 Å². The number of nitrogens with zero attached hydrogens (tertiary/aromatic N) is 1. The predicted octanol–water partition coefficient (Wildman–Crippen LogP) is 2.49. The monoisotopic (exact) mass is 233 g/mol. The van der Waals surface area contributed by atoms with Crippen molar-refractivity contribution in [2.24, 2.45) is 0 Å². The summed E-state index contributed by atoms with van der Waals surface area (Å²) in [4.78, 5) is 10.7. The van der Waals surface area contributed by atoms with E-state index in [2.05, 4.69) is 0 Å². The first-order valence-corrected chi connectivity index (χ1v) is 4.25. The molecule has 0 saturated heterocycles. The first-order valence-electron chi connectivity index (χ1n) is 4.25. The van der Waals surface area contributed by atoms with Crippen molar-refractivity contribution in [2.75, 3.05) is 0 Å². The fourth-order valence-electron chi connectivity index (χ4n) is 1.49. The van der Waals surface area contributed by atoms with Gasteiger partial charge in [-0.2, -0.15) is 13.2 Å². The summed E-state index contributed by atoms with van der Waals surface area (Å²) >= 11 is 0. The van der Waals surface area contributed by atoms with Crippen LogP contribution < -0.4 is 0 Å². The topological polar surface area (TPSA) is 55.4 Å². The molecule has 0 aliphatic carbocycles. The van der Waals surface area contributed by atoms with Gasteiger partial charge in [0.15, 0.2) is 0 Å². The number of carboxylic acids is 1. The summed E-state index contributed by atoms with van der Waals surface area (Å²) in [5.41, 5.74) is -0.526. The Bertz CT molecular complexity index is 538. The fourth-order valence-corrected chi connectivity index (χ4v) is 1.49. The van der Waals surface area contributed by atoms with Gasteiger partial charge in [-0.25, -0.2) is 4.79 Å². The molecule has 0 spiro atoms. The van der Waals surface area contributed by atoms with Gasteiger partial charge in [0.1, 0.15) is 12.2 Å². The molecular formula is C9H6F3NO3. The van der Waals surface area contributed by atoms with Crippen molar-refractivity contribution in [3.8, 4) is 0 Å². The highest BCUT2D eigenvalue weighted by Crippen LogP contribution is 2.26. The average Bonchev–Trinajstić information content (AvgIpc) is 2.65. The molecule has 16 heavy (non-hydrogen) atoms. The van der Waals surface area contributed by atoms with Gasteiger partial charge in [0.25, 0.3) is 0 Å². The Morgan fingerprint density at radius 2 is 2.19 bits per heavy atom. The standard InChI is InChI=1S/C9H6F3NO3/c10-9(11,12)4-13-6(8(14)15)3-5-1-2-16-7(5)13/h1-3H,4H2,(H,14,15). The molecule has 2 heterocycles. The van der Waals surface area contributed by atoms with Crippen LogP contribution in [0.2, 0.25) is 0 Å². The second-order valence-corrected chi connectivity index (χ2v) is 3.22. The zero-order valence-electron chi connectivity index (χ0n) is 7.78. The zero-order chi connectivity index (χ0) is 11.9. The van der Waals surface area contributed by atoms with E-state index in [1.54, 1.807) is 0 Å². The van der Waals surface area contributed by atoms with Gasteiger partial charge in [-0.3, -0.25) is 4.57 Å². The molecule has 0 unspecified atom stereocenters. The Morgan fingerprint density at radius 3 is 2.75 bits per heavy atom. The van der Waals surface area contributed by atoms with Gasteiger partial charge in [-0.15, -0.1) is 0 Å². The third-order valence-electron chi connectivity index (χ3n) is 2.06. The maximum atomic E-state index is 12.2. The first-order chi connectivity index (χ1) is 7.38. The summed E-state index contributed by atoms with van der Waals surface area (Å²) in [7, 11) is 0. The molecule has 0 aliphatic rings. The molecule has 2 aromatic rings. The van der Waals surface area contributed by atoms with Crippen molar-refractivity contribution in [3.05, 3.63) is 24.1 Å². The fraction of sp³-hybridized carbons (Fsp3) is 0.222. The molecule has 2 rings (SSSR count). The summed E-state index contributed by atoms with van der Waals surface area (Å²) in [6, 6.07) is 2.56. The lowest BCUT2D eigenvalue weighted by Crippen LogP contribution is -2.20. The van der Waals surface area contributed by atoms with E-state index < -0.39 is 24.4 Å². The number of aromatic carboxylic acids is 1. The number of rotatable bonds is 2. The smallest absolute Gasteiger partial charge is 0.406 e. The summed E-state index contributed by atoms with van der Waals surface area (Å²) in [5, 5.41) is 9.09. The molecule has 7 heteroatoms. The van der Waals surface area contributed by atoms with Crippen LogP contribution >= 0.6 is 0 Å². The summed E-state index contributed by atoms with van der Waals surface area (Å²) in [5.74, 6) is -1.42. The Kier molecular flexibility index (Phi) is 2.18. The number of carboxylic acid groups (broad SMARTS) is 1. The normalized spacial score (nSPS) is 12.2. The SMILES string of the molecule is O=C(O)c1cc2ccoc2n1CC(F)(F)F. The van der Waals surface area contributed by atoms with Gasteiger partial charge in [0, 0.05) is 5.39 Å². The largest absolute Gasteiger partial charge is 0.477 e. The Morgan fingerprint density at radius 1 is 1.50 bits per heavy atom. The molecule has 0 radical (unpaired) electrons. The third-order valence-corrected chi connectivity index (χ3v) is 2.06. The van der Waals surface area contributed by atoms with Crippen molar-refractivity contribution in [1.82, 2.24) is 4.57 Å². The Labute approximate surface area is 86.9 Å². The number of halogens is 3. The summed E-state index contributed by atoms with van der Waals surface area (Å²) in [6.07, 6.45) is -3.29. The molecule has 0 atom stereocenters. The van der Waals surface area contributed by atoms with Crippen molar-refractivity contribution in [2.45, 2.75) is 12.7 Å². The molecule has 0 bridgehead atoms. The molecule has 86 valence electrons. The van der Waals surface area contributed by atoms with E-state index in [0.717, 1.165) is 6.07 Å². The molecule has 4 nitrogen and oxygen atoms in total. The van der Waals surface area contributed by atoms with E-state index >= 15 is 0 Å². The molecule has 0 saturated carbocycles. The van der Waals surface area contributed by atoms with E-state index in [0.29, 0.717) is 9.95 Å². The van der Waals surface area contributed by atoms with Crippen LogP contribution in [-0.4, -0.2) is 21.8 Å². The van der Waals surface area contributed by atoms with Crippen molar-refractivity contribution in [3.63, 3.8) is 0 Å². The van der Waals surface area contributed by atoms with Gasteiger partial charge in [-0.05, 0) is 12.1 Å². The van der Waals surface area contributed by atoms with Crippen LogP contribution in [0, 0.1) is 0 Å². The molecule has 0 fully saturated rings. The lowest BCUT2D eigenvalue weighted by molar-refractivity contribution is -0.140. The number of alkyl halides is 3. The highest BCUT2D eigenvalue weighted by Gasteiger charge is 2.31. The maximum absolute atomic E-state index is 12.2. The molecule has 1 N–H and O–H groups in total. The van der Waals surface area contributed by atoms with E-state index in [1.165, 1.54) is 12.3 Å². The lowest BCUT2D eigenvalue weighted by atomic mass is 10.3. The number of carbonyl (C=O) groups is 1.